The van der Waals surface area contributed by atoms with E-state index in [0.717, 1.165) is 0 Å². The van der Waals surface area contributed by atoms with Crippen LogP contribution < -0.4 is 10.3 Å². The van der Waals surface area contributed by atoms with Gasteiger partial charge in [-0.25, -0.2) is 0 Å². The van der Waals surface area contributed by atoms with Gasteiger partial charge in [0, 0.05) is 12.1 Å². The Morgan fingerprint density at radius 3 is 2.68 bits per heavy atom. The molecule has 28 heavy (non-hydrogen) atoms. The number of pyridine rings is 1. The molecule has 0 fully saturated rings. The van der Waals surface area contributed by atoms with Gasteiger partial charge in [0.25, 0.3) is 5.56 Å². The monoisotopic (exact) mass is 404 g/mol. The van der Waals surface area contributed by atoms with Gasteiger partial charge in [-0.1, -0.05) is 17.7 Å². The first kappa shape index (κ1) is 19.5. The van der Waals surface area contributed by atoms with Crippen molar-refractivity contribution in [1.29, 1.82) is 0 Å². The molecule has 9 heteroatoms. The van der Waals surface area contributed by atoms with Crippen LogP contribution in [0.1, 0.15) is 23.5 Å². The summed E-state index contributed by atoms with van der Waals surface area (Å²) >= 11 is 5.97. The third-order valence-electron chi connectivity index (χ3n) is 4.35. The second-order valence-corrected chi connectivity index (χ2v) is 6.43. The largest absolute Gasteiger partial charge is 0.504 e. The van der Waals surface area contributed by atoms with E-state index in [1.165, 1.54) is 49.1 Å². The van der Waals surface area contributed by atoms with E-state index in [-0.39, 0.29) is 29.1 Å². The summed E-state index contributed by atoms with van der Waals surface area (Å²) in [5.74, 6) is -1.94. The Morgan fingerprint density at radius 1 is 1.25 bits per heavy atom. The third-order valence-corrected chi connectivity index (χ3v) is 4.58. The lowest BCUT2D eigenvalue weighted by atomic mass is 9.89. The summed E-state index contributed by atoms with van der Waals surface area (Å²) in [7, 11) is 2.60. The molecule has 0 amide bonds. The number of esters is 1. The summed E-state index contributed by atoms with van der Waals surface area (Å²) in [5.41, 5.74) is -0.0177. The van der Waals surface area contributed by atoms with Crippen LogP contribution >= 0.6 is 11.6 Å². The van der Waals surface area contributed by atoms with E-state index in [1.54, 1.807) is 6.07 Å². The number of hydrogen-bond acceptors (Lipinski definition) is 7. The maximum absolute atomic E-state index is 13.1. The predicted octanol–water partition coefficient (Wildman–Crippen LogP) is 2.46. The molecule has 0 spiro atoms. The van der Waals surface area contributed by atoms with Crippen molar-refractivity contribution in [1.82, 2.24) is 9.38 Å². The lowest BCUT2D eigenvalue weighted by Gasteiger charge is -2.18. The lowest BCUT2D eigenvalue weighted by Crippen LogP contribution is -2.24. The molecule has 0 radical (unpaired) electrons. The minimum absolute atomic E-state index is 0.0992. The Kier molecular flexibility index (Phi) is 5.41. The number of ether oxygens (including phenoxy) is 2. The number of fused-ring (bicyclic) bond motifs is 1. The van der Waals surface area contributed by atoms with Crippen LogP contribution in [0.4, 0.5) is 0 Å². The molecule has 1 unspecified atom stereocenters. The zero-order valence-electron chi connectivity index (χ0n) is 15.0. The van der Waals surface area contributed by atoms with Crippen molar-refractivity contribution in [2.45, 2.75) is 12.3 Å². The van der Waals surface area contributed by atoms with E-state index in [2.05, 4.69) is 4.98 Å². The highest BCUT2D eigenvalue weighted by atomic mass is 35.5. The van der Waals surface area contributed by atoms with Crippen molar-refractivity contribution in [2.24, 2.45) is 0 Å². The number of phenolic OH excluding ortho intramolecular Hbond substituents is 1. The number of carbonyl (C=O) groups is 1. The second kappa shape index (κ2) is 7.77. The molecule has 146 valence electrons. The molecule has 3 aromatic rings. The Hall–Kier alpha value is -3.26. The number of halogens is 1. The lowest BCUT2D eigenvalue weighted by molar-refractivity contribution is -0.140. The number of carbonyl (C=O) groups excluding carboxylic acids is 1. The average molecular weight is 405 g/mol. The van der Waals surface area contributed by atoms with Crippen LogP contribution in [-0.4, -0.2) is 39.8 Å². The number of aromatic nitrogens is 2. The minimum atomic E-state index is -0.891. The summed E-state index contributed by atoms with van der Waals surface area (Å²) in [6.45, 7) is 0. The van der Waals surface area contributed by atoms with Crippen LogP contribution in [0, 0.1) is 0 Å². The van der Waals surface area contributed by atoms with Gasteiger partial charge in [-0.15, -0.1) is 0 Å². The Bertz CT molecular complexity index is 1110. The van der Waals surface area contributed by atoms with Gasteiger partial charge in [-0.05, 0) is 29.8 Å². The van der Waals surface area contributed by atoms with Gasteiger partial charge in [0.05, 0.1) is 31.2 Å². The highest BCUT2D eigenvalue weighted by molar-refractivity contribution is 6.30. The molecule has 0 saturated heterocycles. The van der Waals surface area contributed by atoms with Crippen molar-refractivity contribution >= 4 is 23.2 Å². The van der Waals surface area contributed by atoms with E-state index < -0.39 is 23.3 Å². The Balaban J connectivity index is 2.26. The Labute approximate surface area is 164 Å². The minimum Gasteiger partial charge on any atom is -0.504 e. The van der Waals surface area contributed by atoms with Crippen LogP contribution in [0.3, 0.4) is 0 Å². The fraction of sp³-hybridized carbons (Fsp3) is 0.211. The zero-order chi connectivity index (χ0) is 20.4. The molecule has 2 heterocycles. The molecule has 0 bridgehead atoms. The number of rotatable bonds is 5. The zero-order valence-corrected chi connectivity index (χ0v) is 15.8. The summed E-state index contributed by atoms with van der Waals surface area (Å²) in [4.78, 5) is 29.1. The summed E-state index contributed by atoms with van der Waals surface area (Å²) < 4.78 is 11.0. The topological polar surface area (TPSA) is 110 Å². The summed E-state index contributed by atoms with van der Waals surface area (Å²) in [5, 5.41) is 20.6. The molecule has 1 atom stereocenters. The third kappa shape index (κ3) is 3.59. The molecule has 8 nitrogen and oxygen atoms in total. The molecule has 2 N–H and O–H groups in total. The van der Waals surface area contributed by atoms with E-state index in [9.17, 15) is 19.8 Å². The predicted molar refractivity (Wildman–Crippen MR) is 101 cm³/mol. The van der Waals surface area contributed by atoms with E-state index in [0.29, 0.717) is 10.6 Å². The van der Waals surface area contributed by atoms with E-state index in [1.807, 2.05) is 0 Å². The average Bonchev–Trinajstić information content (AvgIpc) is 2.68. The molecule has 0 saturated carbocycles. The van der Waals surface area contributed by atoms with Crippen LogP contribution in [0.2, 0.25) is 5.02 Å². The number of hydrogen-bond donors (Lipinski definition) is 2. The first-order valence-electron chi connectivity index (χ1n) is 8.20. The van der Waals surface area contributed by atoms with Crippen LogP contribution in [-0.2, 0) is 9.53 Å². The van der Waals surface area contributed by atoms with Gasteiger partial charge in [-0.2, -0.15) is 4.98 Å². The first-order chi connectivity index (χ1) is 13.3. The van der Waals surface area contributed by atoms with E-state index >= 15 is 0 Å². The number of nitrogens with zero attached hydrogens (tertiary/aromatic N) is 2. The molecule has 2 aromatic heterocycles. The van der Waals surface area contributed by atoms with Gasteiger partial charge < -0.3 is 19.7 Å². The fourth-order valence-corrected chi connectivity index (χ4v) is 3.13. The second-order valence-electron chi connectivity index (χ2n) is 5.99. The maximum Gasteiger partial charge on any atom is 0.306 e. The fourth-order valence-electron chi connectivity index (χ4n) is 2.97. The SMILES string of the molecule is COC(=O)CC(c1ccc(O)c(OC)c1)c1c(O)nc2ccc(Cl)cn2c1=O. The van der Waals surface area contributed by atoms with Crippen molar-refractivity contribution in [3.05, 3.63) is 63.0 Å². The maximum atomic E-state index is 13.1. The molecular weight excluding hydrogens is 388 g/mol. The highest BCUT2D eigenvalue weighted by Crippen LogP contribution is 2.36. The van der Waals surface area contributed by atoms with Crippen molar-refractivity contribution in [2.75, 3.05) is 14.2 Å². The van der Waals surface area contributed by atoms with Crippen LogP contribution in [0.5, 0.6) is 17.4 Å². The van der Waals surface area contributed by atoms with Crippen molar-refractivity contribution < 1.29 is 24.5 Å². The van der Waals surface area contributed by atoms with E-state index in [4.69, 9.17) is 21.1 Å². The van der Waals surface area contributed by atoms with Gasteiger partial charge in [-0.3, -0.25) is 14.0 Å². The first-order valence-corrected chi connectivity index (χ1v) is 8.58. The summed E-state index contributed by atoms with van der Waals surface area (Å²) in [6.07, 6.45) is 1.14. The smallest absolute Gasteiger partial charge is 0.306 e. The van der Waals surface area contributed by atoms with Gasteiger partial charge >= 0.3 is 5.97 Å². The molecule has 0 aliphatic heterocycles. The number of benzene rings is 1. The van der Waals surface area contributed by atoms with Gasteiger partial charge in [0.1, 0.15) is 5.65 Å². The van der Waals surface area contributed by atoms with Crippen molar-refractivity contribution in [3.8, 4) is 17.4 Å². The number of phenols is 1. The highest BCUT2D eigenvalue weighted by Gasteiger charge is 2.27. The molecule has 3 rings (SSSR count). The standard InChI is InChI=1S/C19H17ClN2O6/c1-27-14-7-10(3-5-13(14)23)12(8-16(24)28-2)17-18(25)21-15-6-4-11(20)9-22(15)19(17)26/h3-7,9,12,23,25H,8H2,1-2H3. The van der Waals surface area contributed by atoms with Crippen LogP contribution in [0.25, 0.3) is 5.65 Å². The van der Waals surface area contributed by atoms with Crippen LogP contribution in [0.15, 0.2) is 41.3 Å². The number of methoxy groups -OCH3 is 2. The van der Waals surface area contributed by atoms with Gasteiger partial charge in [0.2, 0.25) is 5.88 Å². The number of aromatic hydroxyl groups is 2. The van der Waals surface area contributed by atoms with Gasteiger partial charge in [0.15, 0.2) is 11.5 Å². The molecule has 0 aliphatic rings. The summed E-state index contributed by atoms with van der Waals surface area (Å²) in [6, 6.07) is 7.41. The molecule has 1 aromatic carbocycles. The van der Waals surface area contributed by atoms with Crippen molar-refractivity contribution in [3.63, 3.8) is 0 Å². The quantitative estimate of drug-likeness (QED) is 0.628. The normalized spacial score (nSPS) is 12.0. The Morgan fingerprint density at radius 2 is 2.00 bits per heavy atom. The molecular formula is C19H17ClN2O6. The molecule has 0 aliphatic carbocycles.